The summed E-state index contributed by atoms with van der Waals surface area (Å²) < 4.78 is 54.6. The van der Waals surface area contributed by atoms with Crippen molar-refractivity contribution in [1.82, 2.24) is 9.97 Å². The van der Waals surface area contributed by atoms with Gasteiger partial charge in [-0.1, -0.05) is 36.4 Å². The maximum Gasteiger partial charge on any atom is 0.179 e. The summed E-state index contributed by atoms with van der Waals surface area (Å²) >= 11 is 0. The van der Waals surface area contributed by atoms with E-state index in [2.05, 4.69) is 9.97 Å². The number of hydrogen-bond donors (Lipinski definition) is 0. The van der Waals surface area contributed by atoms with Gasteiger partial charge in [-0.3, -0.25) is 9.97 Å². The van der Waals surface area contributed by atoms with Crippen LogP contribution >= 0.6 is 0 Å². The van der Waals surface area contributed by atoms with E-state index in [0.717, 1.165) is 45.0 Å². The van der Waals surface area contributed by atoms with Gasteiger partial charge in [-0.15, -0.1) is 0 Å². The van der Waals surface area contributed by atoms with Crippen molar-refractivity contribution in [3.8, 4) is 33.8 Å². The van der Waals surface area contributed by atoms with E-state index in [1.165, 1.54) is 18.5 Å². The molecule has 0 spiro atoms. The molecule has 5 rings (SSSR count). The Balaban J connectivity index is 1.53. The third kappa shape index (κ3) is 6.05. The molecule has 0 fully saturated rings. The van der Waals surface area contributed by atoms with Crippen molar-refractivity contribution in [2.45, 2.75) is 23.5 Å². The Bertz CT molecular complexity index is 1940. The van der Waals surface area contributed by atoms with Crippen LogP contribution in [0.4, 0.5) is 0 Å². The highest BCUT2D eigenvalue weighted by molar-refractivity contribution is 7.91. The first kappa shape index (κ1) is 27.5. The summed E-state index contributed by atoms with van der Waals surface area (Å²) in [6.45, 7) is 1.72. The monoisotopic (exact) mass is 572 g/mol. The molecule has 5 aromatic rings. The first-order valence-electron chi connectivity index (χ1n) is 12.6. The molecule has 2 heterocycles. The van der Waals surface area contributed by atoms with E-state index >= 15 is 0 Å². The fraction of sp³-hybridized carbons (Fsp3) is 0.161. The molecule has 40 heavy (non-hydrogen) atoms. The standard InChI is InChI=1S/C31H28N2O5S2/c1-21(39(2,34)35)14-22-15-25-10-7-13-33-31(25)28(16-22)24-9-6-8-23(17-24)26-18-27(20-32-19-26)38-29-11-4-5-12-30(29)40(3,36)37/h4-13,15-21H,14H2,1-3H3. The number of para-hydroxylation sites is 1. The fourth-order valence-electron chi connectivity index (χ4n) is 4.54. The Kier molecular flexibility index (Phi) is 7.44. The zero-order chi connectivity index (χ0) is 28.5. The third-order valence-corrected chi connectivity index (χ3v) is 9.48. The lowest BCUT2D eigenvalue weighted by atomic mass is 9.95. The van der Waals surface area contributed by atoms with Gasteiger partial charge >= 0.3 is 0 Å². The Morgan fingerprint density at radius 2 is 1.57 bits per heavy atom. The number of benzene rings is 3. The molecule has 1 unspecified atom stereocenters. The lowest BCUT2D eigenvalue weighted by Gasteiger charge is -2.14. The van der Waals surface area contributed by atoms with E-state index in [4.69, 9.17) is 4.74 Å². The number of hydrogen-bond acceptors (Lipinski definition) is 7. The summed E-state index contributed by atoms with van der Waals surface area (Å²) in [5, 5.41) is 0.421. The molecular formula is C31H28N2O5S2. The SMILES string of the molecule is CC(Cc1cc(-c2cccc(-c3cncc(Oc4ccccc4S(C)(=O)=O)c3)c2)c2ncccc2c1)S(C)(=O)=O. The van der Waals surface area contributed by atoms with Crippen molar-refractivity contribution in [3.05, 3.63) is 103 Å². The van der Waals surface area contributed by atoms with Gasteiger partial charge in [0, 0.05) is 41.4 Å². The molecule has 2 aromatic heterocycles. The maximum absolute atomic E-state index is 12.2. The van der Waals surface area contributed by atoms with Gasteiger partial charge in [0.2, 0.25) is 0 Å². The van der Waals surface area contributed by atoms with E-state index in [1.54, 1.807) is 37.5 Å². The average Bonchev–Trinajstić information content (AvgIpc) is 2.92. The first-order valence-corrected chi connectivity index (χ1v) is 16.4. The molecule has 0 aliphatic heterocycles. The van der Waals surface area contributed by atoms with Crippen molar-refractivity contribution < 1.29 is 21.6 Å². The molecule has 7 nitrogen and oxygen atoms in total. The number of sulfone groups is 2. The number of rotatable bonds is 8. The fourth-order valence-corrected chi connectivity index (χ4v) is 5.84. The molecule has 0 saturated heterocycles. The van der Waals surface area contributed by atoms with Gasteiger partial charge in [-0.25, -0.2) is 16.8 Å². The lowest BCUT2D eigenvalue weighted by Crippen LogP contribution is -2.18. The summed E-state index contributed by atoms with van der Waals surface area (Å²) in [5.41, 5.74) is 5.23. The second-order valence-corrected chi connectivity index (χ2v) is 14.3. The maximum atomic E-state index is 12.2. The van der Waals surface area contributed by atoms with Crippen molar-refractivity contribution in [2.24, 2.45) is 0 Å². The smallest absolute Gasteiger partial charge is 0.179 e. The largest absolute Gasteiger partial charge is 0.454 e. The molecule has 0 radical (unpaired) electrons. The highest BCUT2D eigenvalue weighted by Crippen LogP contribution is 2.34. The molecular weight excluding hydrogens is 544 g/mol. The van der Waals surface area contributed by atoms with Gasteiger partial charge in [0.05, 0.1) is 17.0 Å². The Morgan fingerprint density at radius 3 is 2.35 bits per heavy atom. The highest BCUT2D eigenvalue weighted by Gasteiger charge is 2.18. The van der Waals surface area contributed by atoms with E-state index < -0.39 is 24.9 Å². The van der Waals surface area contributed by atoms with Crippen LogP contribution in [-0.4, -0.2) is 44.6 Å². The summed E-state index contributed by atoms with van der Waals surface area (Å²) in [5.74, 6) is 0.637. The molecule has 0 bridgehead atoms. The van der Waals surface area contributed by atoms with E-state index in [1.807, 2.05) is 54.6 Å². The van der Waals surface area contributed by atoms with Crippen LogP contribution < -0.4 is 4.74 Å². The van der Waals surface area contributed by atoms with Gasteiger partial charge in [-0.2, -0.15) is 0 Å². The van der Waals surface area contributed by atoms with Crippen molar-refractivity contribution in [2.75, 3.05) is 12.5 Å². The quantitative estimate of drug-likeness (QED) is 0.220. The lowest BCUT2D eigenvalue weighted by molar-refractivity contribution is 0.466. The topological polar surface area (TPSA) is 103 Å². The molecule has 0 N–H and O–H groups in total. The van der Waals surface area contributed by atoms with Crippen LogP contribution in [0.5, 0.6) is 11.5 Å². The minimum Gasteiger partial charge on any atom is -0.454 e. The molecule has 0 aliphatic carbocycles. The minimum absolute atomic E-state index is 0.104. The minimum atomic E-state index is -3.47. The van der Waals surface area contributed by atoms with Crippen LogP contribution in [0.25, 0.3) is 33.2 Å². The molecule has 0 amide bonds. The summed E-state index contributed by atoms with van der Waals surface area (Å²) in [6, 6.07) is 24.1. The summed E-state index contributed by atoms with van der Waals surface area (Å²) in [6.07, 6.45) is 7.80. The zero-order valence-corrected chi connectivity index (χ0v) is 23.9. The van der Waals surface area contributed by atoms with Gasteiger partial charge in [-0.05, 0) is 72.5 Å². The predicted molar refractivity (Wildman–Crippen MR) is 158 cm³/mol. The zero-order valence-electron chi connectivity index (χ0n) is 22.3. The van der Waals surface area contributed by atoms with Crippen LogP contribution in [0.2, 0.25) is 0 Å². The molecule has 0 saturated carbocycles. The van der Waals surface area contributed by atoms with Gasteiger partial charge < -0.3 is 4.74 Å². The first-order chi connectivity index (χ1) is 19.0. The summed E-state index contributed by atoms with van der Waals surface area (Å²) in [7, 11) is -6.65. The number of fused-ring (bicyclic) bond motifs is 1. The molecule has 3 aromatic carbocycles. The van der Waals surface area contributed by atoms with Gasteiger partial charge in [0.1, 0.15) is 26.2 Å². The van der Waals surface area contributed by atoms with Crippen LogP contribution in [0.1, 0.15) is 12.5 Å². The Labute approximate surface area is 234 Å². The second-order valence-electron chi connectivity index (χ2n) is 9.87. The highest BCUT2D eigenvalue weighted by atomic mass is 32.2. The van der Waals surface area contributed by atoms with Crippen LogP contribution in [-0.2, 0) is 26.1 Å². The number of nitrogens with zero attached hydrogens (tertiary/aromatic N) is 2. The molecule has 1 atom stereocenters. The number of pyridine rings is 2. The second kappa shape index (κ2) is 10.8. The van der Waals surface area contributed by atoms with E-state index in [-0.39, 0.29) is 10.6 Å². The van der Waals surface area contributed by atoms with E-state index in [0.29, 0.717) is 12.2 Å². The Hall–Kier alpha value is -4.08. The van der Waals surface area contributed by atoms with Crippen molar-refractivity contribution in [3.63, 3.8) is 0 Å². The summed E-state index contributed by atoms with van der Waals surface area (Å²) in [4.78, 5) is 9.05. The molecule has 204 valence electrons. The van der Waals surface area contributed by atoms with Crippen LogP contribution in [0, 0.1) is 0 Å². The third-order valence-electron chi connectivity index (χ3n) is 6.72. The number of ether oxygens (including phenoxy) is 1. The van der Waals surface area contributed by atoms with E-state index in [9.17, 15) is 16.8 Å². The Morgan fingerprint density at radius 1 is 0.800 bits per heavy atom. The van der Waals surface area contributed by atoms with Gasteiger partial charge in [0.15, 0.2) is 9.84 Å². The van der Waals surface area contributed by atoms with Crippen LogP contribution in [0.3, 0.4) is 0 Å². The molecule has 9 heteroatoms. The van der Waals surface area contributed by atoms with Crippen molar-refractivity contribution in [1.29, 1.82) is 0 Å². The molecule has 0 aliphatic rings. The van der Waals surface area contributed by atoms with Gasteiger partial charge in [0.25, 0.3) is 0 Å². The number of aromatic nitrogens is 2. The average molecular weight is 573 g/mol. The predicted octanol–water partition coefficient (Wildman–Crippen LogP) is 6.14. The van der Waals surface area contributed by atoms with Crippen molar-refractivity contribution >= 4 is 30.6 Å². The van der Waals surface area contributed by atoms with Crippen LogP contribution in [0.15, 0.2) is 102 Å². The normalized spacial score (nSPS) is 12.8.